The molecule has 26 heavy (non-hydrogen) atoms. The Kier molecular flexibility index (Phi) is 6.20. The monoisotopic (exact) mass is 387 g/mol. The van der Waals surface area contributed by atoms with Crippen LogP contribution in [0.1, 0.15) is 5.56 Å². The average molecular weight is 388 g/mol. The summed E-state index contributed by atoms with van der Waals surface area (Å²) in [7, 11) is 1.65. The fourth-order valence-electron chi connectivity index (χ4n) is 2.38. The zero-order chi connectivity index (χ0) is 18.4. The summed E-state index contributed by atoms with van der Waals surface area (Å²) >= 11 is 7.32. The zero-order valence-electron chi connectivity index (χ0n) is 14.2. The molecule has 1 heterocycles. The standard InChI is InChI=1S/C19H18ClN3O2S/c1-25-17-7-5-14(6-8-17)12-23-10-9-21-19(23)26-13-18(24)22-16-4-2-3-15(20)11-16/h2-11H,12-13H2,1H3,(H,22,24). The maximum Gasteiger partial charge on any atom is 0.234 e. The number of hydrogen-bond donors (Lipinski definition) is 1. The number of ether oxygens (including phenoxy) is 1. The third-order valence-corrected chi connectivity index (χ3v) is 4.87. The Morgan fingerprint density at radius 2 is 2.08 bits per heavy atom. The quantitative estimate of drug-likeness (QED) is 0.613. The first-order valence-electron chi connectivity index (χ1n) is 7.96. The van der Waals surface area contributed by atoms with Gasteiger partial charge in [-0.25, -0.2) is 4.98 Å². The molecule has 5 nitrogen and oxygen atoms in total. The summed E-state index contributed by atoms with van der Waals surface area (Å²) in [5, 5.41) is 4.21. The van der Waals surface area contributed by atoms with Gasteiger partial charge in [0, 0.05) is 29.6 Å². The van der Waals surface area contributed by atoms with Crippen molar-refractivity contribution in [3.63, 3.8) is 0 Å². The average Bonchev–Trinajstić information content (AvgIpc) is 3.08. The van der Waals surface area contributed by atoms with Crippen molar-refractivity contribution in [2.24, 2.45) is 0 Å². The lowest BCUT2D eigenvalue weighted by molar-refractivity contribution is -0.113. The van der Waals surface area contributed by atoms with Gasteiger partial charge in [0.25, 0.3) is 0 Å². The molecule has 1 aromatic heterocycles. The molecule has 0 saturated carbocycles. The lowest BCUT2D eigenvalue weighted by Crippen LogP contribution is -2.14. The van der Waals surface area contributed by atoms with Crippen LogP contribution >= 0.6 is 23.4 Å². The van der Waals surface area contributed by atoms with Crippen LogP contribution in [0.25, 0.3) is 0 Å². The Morgan fingerprint density at radius 3 is 2.81 bits per heavy atom. The Balaban J connectivity index is 1.57. The second-order valence-corrected chi connectivity index (χ2v) is 6.91. The number of hydrogen-bond acceptors (Lipinski definition) is 4. The van der Waals surface area contributed by atoms with Crippen LogP contribution in [-0.4, -0.2) is 28.3 Å². The molecule has 134 valence electrons. The predicted octanol–water partition coefficient (Wildman–Crippen LogP) is 4.32. The van der Waals surface area contributed by atoms with E-state index in [-0.39, 0.29) is 11.7 Å². The number of rotatable bonds is 7. The SMILES string of the molecule is COc1ccc(Cn2ccnc2SCC(=O)Nc2cccc(Cl)c2)cc1. The fraction of sp³-hybridized carbons (Fsp3) is 0.158. The number of nitrogens with one attached hydrogen (secondary N) is 1. The molecule has 3 rings (SSSR count). The van der Waals surface area contributed by atoms with E-state index in [1.165, 1.54) is 11.8 Å². The highest BCUT2D eigenvalue weighted by atomic mass is 35.5. The van der Waals surface area contributed by atoms with Gasteiger partial charge in [0.15, 0.2) is 5.16 Å². The summed E-state index contributed by atoms with van der Waals surface area (Å²) in [6.45, 7) is 0.683. The first-order valence-corrected chi connectivity index (χ1v) is 9.32. The fourth-order valence-corrected chi connectivity index (χ4v) is 3.33. The largest absolute Gasteiger partial charge is 0.497 e. The van der Waals surface area contributed by atoms with Gasteiger partial charge >= 0.3 is 0 Å². The van der Waals surface area contributed by atoms with Gasteiger partial charge in [0.2, 0.25) is 5.91 Å². The van der Waals surface area contributed by atoms with Gasteiger partial charge in [-0.2, -0.15) is 0 Å². The normalized spacial score (nSPS) is 10.5. The van der Waals surface area contributed by atoms with E-state index in [1.807, 2.05) is 35.0 Å². The molecule has 0 bridgehead atoms. The minimum atomic E-state index is -0.101. The minimum absolute atomic E-state index is 0.101. The van der Waals surface area contributed by atoms with Crippen LogP contribution in [0, 0.1) is 0 Å². The summed E-state index contributed by atoms with van der Waals surface area (Å²) in [6.07, 6.45) is 3.64. The molecule has 0 unspecified atom stereocenters. The van der Waals surface area contributed by atoms with E-state index in [0.717, 1.165) is 16.5 Å². The third-order valence-electron chi connectivity index (χ3n) is 3.63. The van der Waals surface area contributed by atoms with Crippen molar-refractivity contribution in [3.8, 4) is 5.75 Å². The molecule has 3 aromatic rings. The molecule has 0 saturated heterocycles. The van der Waals surface area contributed by atoms with Gasteiger partial charge in [-0.05, 0) is 35.9 Å². The highest BCUT2D eigenvalue weighted by molar-refractivity contribution is 7.99. The molecule has 0 aliphatic carbocycles. The number of methoxy groups -OCH3 is 1. The van der Waals surface area contributed by atoms with Gasteiger partial charge in [-0.1, -0.05) is 41.6 Å². The third kappa shape index (κ3) is 5.03. The summed E-state index contributed by atoms with van der Waals surface area (Å²) in [5.74, 6) is 0.995. The van der Waals surface area contributed by atoms with Crippen LogP contribution in [0.2, 0.25) is 5.02 Å². The molecule has 7 heteroatoms. The second kappa shape index (κ2) is 8.78. The van der Waals surface area contributed by atoms with Crippen molar-refractivity contribution in [1.29, 1.82) is 0 Å². The number of anilines is 1. The molecule has 1 N–H and O–H groups in total. The number of nitrogens with zero attached hydrogens (tertiary/aromatic N) is 2. The molecule has 1 amide bonds. The number of carbonyl (C=O) groups is 1. The number of carbonyl (C=O) groups excluding carboxylic acids is 1. The number of aromatic nitrogens is 2. The first-order chi connectivity index (χ1) is 12.6. The number of amides is 1. The predicted molar refractivity (Wildman–Crippen MR) is 105 cm³/mol. The van der Waals surface area contributed by atoms with Gasteiger partial charge in [-0.3, -0.25) is 4.79 Å². The van der Waals surface area contributed by atoms with E-state index in [4.69, 9.17) is 16.3 Å². The lowest BCUT2D eigenvalue weighted by Gasteiger charge is -2.09. The maximum atomic E-state index is 12.1. The molecule has 0 radical (unpaired) electrons. The summed E-state index contributed by atoms with van der Waals surface area (Å²) in [6, 6.07) is 15.0. The molecule has 0 aliphatic rings. The molecule has 2 aromatic carbocycles. The Morgan fingerprint density at radius 1 is 1.27 bits per heavy atom. The van der Waals surface area contributed by atoms with Crippen molar-refractivity contribution in [2.45, 2.75) is 11.7 Å². The highest BCUT2D eigenvalue weighted by Crippen LogP contribution is 2.20. The smallest absolute Gasteiger partial charge is 0.234 e. The van der Waals surface area contributed by atoms with Crippen LogP contribution in [-0.2, 0) is 11.3 Å². The van der Waals surface area contributed by atoms with Crippen LogP contribution in [0.5, 0.6) is 5.75 Å². The van der Waals surface area contributed by atoms with E-state index in [1.54, 1.807) is 37.6 Å². The maximum absolute atomic E-state index is 12.1. The molecular formula is C19H18ClN3O2S. The molecule has 0 spiro atoms. The Hall–Kier alpha value is -2.44. The summed E-state index contributed by atoms with van der Waals surface area (Å²) < 4.78 is 7.19. The van der Waals surface area contributed by atoms with Crippen molar-refractivity contribution in [1.82, 2.24) is 9.55 Å². The Labute approximate surface area is 161 Å². The topological polar surface area (TPSA) is 56.2 Å². The number of thioether (sulfide) groups is 1. The van der Waals surface area contributed by atoms with E-state index >= 15 is 0 Å². The van der Waals surface area contributed by atoms with Crippen LogP contribution < -0.4 is 10.1 Å². The van der Waals surface area contributed by atoms with E-state index in [2.05, 4.69) is 10.3 Å². The lowest BCUT2D eigenvalue weighted by atomic mass is 10.2. The number of imidazole rings is 1. The van der Waals surface area contributed by atoms with Crippen LogP contribution in [0.4, 0.5) is 5.69 Å². The van der Waals surface area contributed by atoms with Crippen molar-refractivity contribution in [3.05, 3.63) is 71.5 Å². The van der Waals surface area contributed by atoms with Crippen molar-refractivity contribution >= 4 is 35.0 Å². The number of halogens is 1. The molecule has 0 atom stereocenters. The van der Waals surface area contributed by atoms with Gasteiger partial charge in [-0.15, -0.1) is 0 Å². The van der Waals surface area contributed by atoms with E-state index < -0.39 is 0 Å². The van der Waals surface area contributed by atoms with Crippen molar-refractivity contribution < 1.29 is 9.53 Å². The first kappa shape index (κ1) is 18.4. The number of benzene rings is 2. The highest BCUT2D eigenvalue weighted by Gasteiger charge is 2.09. The molecule has 0 aliphatic heterocycles. The summed E-state index contributed by atoms with van der Waals surface area (Å²) in [5.41, 5.74) is 1.82. The second-order valence-electron chi connectivity index (χ2n) is 5.53. The van der Waals surface area contributed by atoms with Crippen LogP contribution in [0.15, 0.2) is 66.1 Å². The Bertz CT molecular complexity index is 881. The van der Waals surface area contributed by atoms with E-state index in [0.29, 0.717) is 17.3 Å². The summed E-state index contributed by atoms with van der Waals surface area (Å²) in [4.78, 5) is 16.5. The van der Waals surface area contributed by atoms with Gasteiger partial charge < -0.3 is 14.6 Å². The van der Waals surface area contributed by atoms with Crippen molar-refractivity contribution in [2.75, 3.05) is 18.2 Å². The molecular weight excluding hydrogens is 370 g/mol. The van der Waals surface area contributed by atoms with Gasteiger partial charge in [0.05, 0.1) is 12.9 Å². The zero-order valence-corrected chi connectivity index (χ0v) is 15.8. The van der Waals surface area contributed by atoms with Crippen LogP contribution in [0.3, 0.4) is 0 Å². The van der Waals surface area contributed by atoms with E-state index in [9.17, 15) is 4.79 Å². The van der Waals surface area contributed by atoms with Gasteiger partial charge in [0.1, 0.15) is 5.75 Å². The minimum Gasteiger partial charge on any atom is -0.497 e. The molecule has 0 fully saturated rings.